The van der Waals surface area contributed by atoms with E-state index in [1.54, 1.807) is 0 Å². The quantitative estimate of drug-likeness (QED) is 0.244. The van der Waals surface area contributed by atoms with E-state index in [-0.39, 0.29) is 0 Å². The van der Waals surface area contributed by atoms with E-state index in [4.69, 9.17) is 1.37 Å². The Morgan fingerprint density at radius 2 is 0.950 bits per heavy atom. The summed E-state index contributed by atoms with van der Waals surface area (Å²) < 4.78 is 8.39. The van der Waals surface area contributed by atoms with Crippen LogP contribution in [0.2, 0.25) is 0 Å². The number of rotatable bonds is 0. The number of fused-ring (bicyclic) bond motifs is 2. The van der Waals surface area contributed by atoms with Gasteiger partial charge in [0, 0.05) is 0 Å². The minimum absolute atomic E-state index is 0.608. The molecule has 0 radical (unpaired) electrons. The molecule has 20 heavy (non-hydrogen) atoms. The first kappa shape index (κ1) is 9.33. The van der Waals surface area contributed by atoms with Crippen molar-refractivity contribution in [2.45, 2.75) is 0 Å². The lowest BCUT2D eigenvalue weighted by molar-refractivity contribution is 1.78. The monoisotopic (exact) mass is 253 g/mol. The summed E-state index contributed by atoms with van der Waals surface area (Å²) in [6.45, 7) is 0. The molecule has 5 rings (SSSR count). The molecule has 0 heteroatoms. The van der Waals surface area contributed by atoms with E-state index < -0.39 is 0 Å². The predicted molar refractivity (Wildman–Crippen MR) is 87.7 cm³/mol. The van der Waals surface area contributed by atoms with Crippen molar-refractivity contribution in [3.8, 4) is 0 Å². The van der Waals surface area contributed by atoms with Gasteiger partial charge in [-0.15, -0.1) is 0 Å². The molecule has 0 spiro atoms. The normalized spacial score (nSPS) is 12.7. The summed E-state index contributed by atoms with van der Waals surface area (Å²) in [4.78, 5) is 0. The highest BCUT2D eigenvalue weighted by Crippen LogP contribution is 2.39. The second-order valence-electron chi connectivity index (χ2n) is 5.33. The lowest BCUT2D eigenvalue weighted by Crippen LogP contribution is -1.85. The molecule has 0 bridgehead atoms. The Bertz CT molecular complexity index is 1130. The van der Waals surface area contributed by atoms with Crippen LogP contribution in [0.15, 0.2) is 72.8 Å². The number of benzene rings is 5. The van der Waals surface area contributed by atoms with E-state index >= 15 is 0 Å². The molecule has 0 saturated heterocycles. The first-order chi connectivity index (χ1) is 10.3. The van der Waals surface area contributed by atoms with Crippen LogP contribution in [0.4, 0.5) is 0 Å². The summed E-state index contributed by atoms with van der Waals surface area (Å²) >= 11 is 0. The summed E-state index contributed by atoms with van der Waals surface area (Å²) in [5.41, 5.74) is 0. The second kappa shape index (κ2) is 3.49. The maximum absolute atomic E-state index is 8.39. The fraction of sp³-hybridized carbons (Fsp3) is 0. The largest absolute Gasteiger partial charge is 0.0629 e. The van der Waals surface area contributed by atoms with Crippen LogP contribution >= 0.6 is 0 Å². The zero-order valence-electron chi connectivity index (χ0n) is 11.9. The Morgan fingerprint density at radius 3 is 1.55 bits per heavy atom. The van der Waals surface area contributed by atoms with Crippen molar-refractivity contribution in [1.29, 1.82) is 0 Å². The molecule has 0 aliphatic heterocycles. The van der Waals surface area contributed by atoms with Gasteiger partial charge in [-0.2, -0.15) is 0 Å². The predicted octanol–water partition coefficient (Wildman–Crippen LogP) is 5.74. The summed E-state index contributed by atoms with van der Waals surface area (Å²) in [5.74, 6) is 0. The van der Waals surface area contributed by atoms with Crippen molar-refractivity contribution >= 4 is 43.1 Å². The molecular formula is C20H12. The van der Waals surface area contributed by atoms with Gasteiger partial charge in [-0.1, -0.05) is 72.8 Å². The highest BCUT2D eigenvalue weighted by atomic mass is 14.1. The number of hydrogen-bond acceptors (Lipinski definition) is 0. The molecule has 0 aromatic heterocycles. The van der Waals surface area contributed by atoms with Crippen molar-refractivity contribution in [3.63, 3.8) is 0 Å². The Hall–Kier alpha value is -2.60. The lowest BCUT2D eigenvalue weighted by Gasteiger charge is -2.13. The second-order valence-corrected chi connectivity index (χ2v) is 5.33. The van der Waals surface area contributed by atoms with E-state index in [9.17, 15) is 0 Å². The van der Waals surface area contributed by atoms with Gasteiger partial charge < -0.3 is 0 Å². The van der Waals surface area contributed by atoms with Gasteiger partial charge in [0.2, 0.25) is 0 Å². The first-order valence-electron chi connectivity index (χ1n) is 7.39. The maximum Gasteiger partial charge on any atom is 0.0629 e. The van der Waals surface area contributed by atoms with Crippen LogP contribution in [0.3, 0.4) is 0 Å². The van der Waals surface area contributed by atoms with Gasteiger partial charge in [-0.25, -0.2) is 0 Å². The molecule has 0 fully saturated rings. The molecule has 0 nitrogen and oxygen atoms in total. The van der Waals surface area contributed by atoms with Gasteiger partial charge in [0.25, 0.3) is 0 Å². The zero-order chi connectivity index (χ0) is 14.0. The maximum atomic E-state index is 8.39. The smallest absolute Gasteiger partial charge is 0.0610 e. The highest BCUT2D eigenvalue weighted by Gasteiger charge is 2.11. The van der Waals surface area contributed by atoms with Crippen molar-refractivity contribution < 1.29 is 1.37 Å². The topological polar surface area (TPSA) is 0 Å². The van der Waals surface area contributed by atoms with Crippen LogP contribution in [0.1, 0.15) is 1.37 Å². The molecule has 0 N–H and O–H groups in total. The van der Waals surface area contributed by atoms with Crippen LogP contribution in [-0.4, -0.2) is 0 Å². The summed E-state index contributed by atoms with van der Waals surface area (Å²) in [7, 11) is 0. The highest BCUT2D eigenvalue weighted by molar-refractivity contribution is 6.32. The first-order valence-corrected chi connectivity index (χ1v) is 6.89. The Morgan fingerprint density at radius 1 is 0.500 bits per heavy atom. The molecule has 92 valence electrons. The average Bonchev–Trinajstić information content (AvgIpc) is 2.53. The molecule has 0 aliphatic rings. The Labute approximate surface area is 118 Å². The van der Waals surface area contributed by atoms with Crippen molar-refractivity contribution in [1.82, 2.24) is 0 Å². The van der Waals surface area contributed by atoms with Crippen LogP contribution in [-0.2, 0) is 0 Å². The van der Waals surface area contributed by atoms with E-state index in [2.05, 4.69) is 60.7 Å². The van der Waals surface area contributed by atoms with Crippen LogP contribution < -0.4 is 0 Å². The number of hydrogen-bond donors (Lipinski definition) is 0. The van der Waals surface area contributed by atoms with Crippen molar-refractivity contribution in [3.05, 3.63) is 72.8 Å². The summed E-state index contributed by atoms with van der Waals surface area (Å²) in [6.07, 6.45) is 0. The average molecular weight is 253 g/mol. The Balaban J connectivity index is 2.32. The van der Waals surface area contributed by atoms with Gasteiger partial charge in [0.05, 0.1) is 1.37 Å². The SMILES string of the molecule is [2H]c1ccc2cccc3c4cccc5cccc(c1c23)c54. The molecular weight excluding hydrogens is 240 g/mol. The molecule has 0 saturated carbocycles. The van der Waals surface area contributed by atoms with Gasteiger partial charge in [-0.3, -0.25) is 0 Å². The molecule has 0 heterocycles. The van der Waals surface area contributed by atoms with Crippen LogP contribution in [0.25, 0.3) is 43.1 Å². The fourth-order valence-electron chi connectivity index (χ4n) is 3.49. The van der Waals surface area contributed by atoms with E-state index in [0.717, 1.165) is 5.39 Å². The van der Waals surface area contributed by atoms with Crippen molar-refractivity contribution in [2.24, 2.45) is 0 Å². The molecule has 0 atom stereocenters. The fourth-order valence-corrected chi connectivity index (χ4v) is 3.49. The van der Waals surface area contributed by atoms with Gasteiger partial charge in [0.1, 0.15) is 0 Å². The summed E-state index contributed by atoms with van der Waals surface area (Å²) in [6, 6.07) is 23.9. The van der Waals surface area contributed by atoms with E-state index in [1.165, 1.54) is 37.7 Å². The van der Waals surface area contributed by atoms with Gasteiger partial charge >= 0.3 is 0 Å². The third-order valence-electron chi connectivity index (χ3n) is 4.30. The molecule has 5 aromatic carbocycles. The molecule has 0 unspecified atom stereocenters. The zero-order valence-corrected chi connectivity index (χ0v) is 10.9. The standard InChI is InChI=1S/C20H12/c1-5-13-6-2-11-17-18-12-4-8-14-7-3-10-16(20(14)18)15(9-1)19(13)17/h1-12H/i9D. The summed E-state index contributed by atoms with van der Waals surface area (Å²) in [5, 5.41) is 9.76. The molecule has 5 aromatic rings. The minimum atomic E-state index is 0.608. The van der Waals surface area contributed by atoms with Gasteiger partial charge in [-0.05, 0) is 43.1 Å². The lowest BCUT2D eigenvalue weighted by atomic mass is 9.90. The van der Waals surface area contributed by atoms with E-state index in [0.29, 0.717) is 6.04 Å². The third kappa shape index (κ3) is 1.12. The Kier molecular flexibility index (Phi) is 1.63. The van der Waals surface area contributed by atoms with E-state index in [1.807, 2.05) is 6.07 Å². The minimum Gasteiger partial charge on any atom is -0.0610 e. The van der Waals surface area contributed by atoms with Gasteiger partial charge in [0.15, 0.2) is 0 Å². The van der Waals surface area contributed by atoms with Crippen LogP contribution in [0.5, 0.6) is 0 Å². The molecule has 0 amide bonds. The third-order valence-corrected chi connectivity index (χ3v) is 4.30. The van der Waals surface area contributed by atoms with Crippen molar-refractivity contribution in [2.75, 3.05) is 0 Å². The van der Waals surface area contributed by atoms with Crippen LogP contribution in [0, 0.1) is 0 Å². The molecule has 0 aliphatic carbocycles.